The lowest BCUT2D eigenvalue weighted by Crippen LogP contribution is -2.29. The zero-order chi connectivity index (χ0) is 12.7. The van der Waals surface area contributed by atoms with Crippen molar-refractivity contribution >= 4 is 12.4 Å². The molecule has 1 aliphatic heterocycles. The van der Waals surface area contributed by atoms with Gasteiger partial charge in [-0.2, -0.15) is 4.98 Å². The Morgan fingerprint density at radius 2 is 1.95 bits per heavy atom. The fourth-order valence-corrected chi connectivity index (χ4v) is 3.17. The standard InChI is InChI=1S/C14H16N4O.ClH/c1-5-15-6-2-10(1)12-17-13(19-18-12)11-9-14(11)3-7-16-8-4-14;/h1-2,5-6,11,16H,3-4,7-9H2;1H. The fraction of sp³-hybridized carbons (Fsp3) is 0.500. The molecule has 1 saturated carbocycles. The van der Waals surface area contributed by atoms with Gasteiger partial charge in [0.25, 0.3) is 0 Å². The Labute approximate surface area is 123 Å². The van der Waals surface area contributed by atoms with E-state index in [4.69, 9.17) is 4.52 Å². The third-order valence-corrected chi connectivity index (χ3v) is 4.47. The normalized spacial score (nSPS) is 23.3. The molecule has 6 heteroatoms. The zero-order valence-corrected chi connectivity index (χ0v) is 11.9. The summed E-state index contributed by atoms with van der Waals surface area (Å²) in [6.45, 7) is 2.23. The van der Waals surface area contributed by atoms with Crippen molar-refractivity contribution in [1.29, 1.82) is 0 Å². The van der Waals surface area contributed by atoms with Crippen molar-refractivity contribution in [3.8, 4) is 11.4 Å². The van der Waals surface area contributed by atoms with Crippen LogP contribution in [0.15, 0.2) is 29.0 Å². The van der Waals surface area contributed by atoms with Crippen LogP contribution in [0.3, 0.4) is 0 Å². The van der Waals surface area contributed by atoms with Crippen molar-refractivity contribution in [2.75, 3.05) is 13.1 Å². The van der Waals surface area contributed by atoms with Gasteiger partial charge in [-0.05, 0) is 49.9 Å². The van der Waals surface area contributed by atoms with E-state index in [1.165, 1.54) is 19.3 Å². The molecule has 1 unspecified atom stereocenters. The van der Waals surface area contributed by atoms with Crippen LogP contribution in [0, 0.1) is 5.41 Å². The van der Waals surface area contributed by atoms with Gasteiger partial charge < -0.3 is 9.84 Å². The number of rotatable bonds is 2. The van der Waals surface area contributed by atoms with Crippen LogP contribution in [0.1, 0.15) is 31.1 Å². The van der Waals surface area contributed by atoms with Crippen molar-refractivity contribution in [2.45, 2.75) is 25.2 Å². The third kappa shape index (κ3) is 2.21. The van der Waals surface area contributed by atoms with Crippen LogP contribution in [-0.4, -0.2) is 28.2 Å². The number of nitrogens with zero attached hydrogens (tertiary/aromatic N) is 3. The van der Waals surface area contributed by atoms with Crippen LogP contribution < -0.4 is 5.32 Å². The molecule has 1 atom stereocenters. The lowest BCUT2D eigenvalue weighted by Gasteiger charge is -2.22. The maximum Gasteiger partial charge on any atom is 0.230 e. The SMILES string of the molecule is Cl.c1cc(-c2noc(C3CC34CCNCC4)n2)ccn1. The van der Waals surface area contributed by atoms with Gasteiger partial charge in [-0.25, -0.2) is 0 Å². The summed E-state index contributed by atoms with van der Waals surface area (Å²) in [7, 11) is 0. The summed E-state index contributed by atoms with van der Waals surface area (Å²) in [4.78, 5) is 8.57. The van der Waals surface area contributed by atoms with Crippen LogP contribution in [0.25, 0.3) is 11.4 Å². The molecule has 1 N–H and O–H groups in total. The van der Waals surface area contributed by atoms with E-state index in [0.29, 0.717) is 17.2 Å². The second-order valence-electron chi connectivity index (χ2n) is 5.56. The molecule has 0 radical (unpaired) electrons. The summed E-state index contributed by atoms with van der Waals surface area (Å²) >= 11 is 0. The van der Waals surface area contributed by atoms with Gasteiger partial charge in [-0.1, -0.05) is 5.16 Å². The molecule has 1 saturated heterocycles. The van der Waals surface area contributed by atoms with Crippen molar-refractivity contribution in [1.82, 2.24) is 20.4 Å². The predicted octanol–water partition coefficient (Wildman–Crippen LogP) is 2.41. The number of aromatic nitrogens is 3. The topological polar surface area (TPSA) is 63.8 Å². The van der Waals surface area contributed by atoms with Crippen molar-refractivity contribution in [2.24, 2.45) is 5.41 Å². The monoisotopic (exact) mass is 292 g/mol. The average Bonchev–Trinajstić information content (AvgIpc) is 2.96. The first-order chi connectivity index (χ1) is 9.37. The Balaban J connectivity index is 0.00000121. The highest BCUT2D eigenvalue weighted by molar-refractivity contribution is 5.85. The summed E-state index contributed by atoms with van der Waals surface area (Å²) < 4.78 is 5.47. The van der Waals surface area contributed by atoms with Gasteiger partial charge >= 0.3 is 0 Å². The summed E-state index contributed by atoms with van der Waals surface area (Å²) in [6, 6.07) is 3.81. The molecule has 1 spiro atoms. The fourth-order valence-electron chi connectivity index (χ4n) is 3.17. The summed E-state index contributed by atoms with van der Waals surface area (Å²) in [5.74, 6) is 1.96. The number of nitrogens with one attached hydrogen (secondary N) is 1. The van der Waals surface area contributed by atoms with E-state index in [2.05, 4.69) is 20.4 Å². The lowest BCUT2D eigenvalue weighted by atomic mass is 9.92. The Morgan fingerprint density at radius 1 is 1.20 bits per heavy atom. The van der Waals surface area contributed by atoms with E-state index in [0.717, 1.165) is 24.5 Å². The van der Waals surface area contributed by atoms with Crippen LogP contribution in [0.5, 0.6) is 0 Å². The van der Waals surface area contributed by atoms with Gasteiger partial charge in [0.15, 0.2) is 0 Å². The number of pyridine rings is 1. The minimum absolute atomic E-state index is 0. The Kier molecular flexibility index (Phi) is 3.48. The van der Waals surface area contributed by atoms with Gasteiger partial charge in [0.2, 0.25) is 11.7 Å². The molecule has 1 aliphatic carbocycles. The Morgan fingerprint density at radius 3 is 2.70 bits per heavy atom. The first kappa shape index (κ1) is 13.5. The summed E-state index contributed by atoms with van der Waals surface area (Å²) in [5.41, 5.74) is 1.40. The highest BCUT2D eigenvalue weighted by Gasteiger charge is 2.57. The molecule has 0 bridgehead atoms. The van der Waals surface area contributed by atoms with Gasteiger partial charge in [0.05, 0.1) is 0 Å². The van der Waals surface area contributed by atoms with E-state index in [1.54, 1.807) is 12.4 Å². The number of halogens is 1. The van der Waals surface area contributed by atoms with Crippen LogP contribution in [0.4, 0.5) is 0 Å². The maximum atomic E-state index is 5.47. The minimum atomic E-state index is 0. The van der Waals surface area contributed by atoms with Crippen LogP contribution >= 0.6 is 12.4 Å². The first-order valence-electron chi connectivity index (χ1n) is 6.82. The smallest absolute Gasteiger partial charge is 0.230 e. The van der Waals surface area contributed by atoms with Crippen molar-refractivity contribution in [3.05, 3.63) is 30.4 Å². The number of hydrogen-bond donors (Lipinski definition) is 1. The second kappa shape index (κ2) is 5.14. The highest BCUT2D eigenvalue weighted by Crippen LogP contribution is 2.63. The third-order valence-electron chi connectivity index (χ3n) is 4.47. The second-order valence-corrected chi connectivity index (χ2v) is 5.56. The molecular weight excluding hydrogens is 276 g/mol. The maximum absolute atomic E-state index is 5.47. The summed E-state index contributed by atoms with van der Waals surface area (Å²) in [5, 5.41) is 7.51. The van der Waals surface area contributed by atoms with Crippen molar-refractivity contribution < 1.29 is 4.52 Å². The van der Waals surface area contributed by atoms with E-state index in [1.807, 2.05) is 12.1 Å². The highest BCUT2D eigenvalue weighted by atomic mass is 35.5. The predicted molar refractivity (Wildman–Crippen MR) is 76.7 cm³/mol. The van der Waals surface area contributed by atoms with Gasteiger partial charge in [-0.15, -0.1) is 12.4 Å². The molecule has 2 aromatic rings. The molecule has 2 aromatic heterocycles. The molecule has 2 fully saturated rings. The average molecular weight is 293 g/mol. The molecule has 0 amide bonds. The van der Waals surface area contributed by atoms with Crippen molar-refractivity contribution in [3.63, 3.8) is 0 Å². The van der Waals surface area contributed by atoms with Crippen LogP contribution in [-0.2, 0) is 0 Å². The quantitative estimate of drug-likeness (QED) is 0.921. The van der Waals surface area contributed by atoms with Crippen LogP contribution in [0.2, 0.25) is 0 Å². The summed E-state index contributed by atoms with van der Waals surface area (Å²) in [6.07, 6.45) is 7.15. The van der Waals surface area contributed by atoms with Gasteiger partial charge in [-0.3, -0.25) is 4.98 Å². The van der Waals surface area contributed by atoms with E-state index < -0.39 is 0 Å². The Bertz CT molecular complexity index is 580. The molecule has 0 aromatic carbocycles. The molecule has 2 aliphatic rings. The first-order valence-corrected chi connectivity index (χ1v) is 6.82. The number of hydrogen-bond acceptors (Lipinski definition) is 5. The zero-order valence-electron chi connectivity index (χ0n) is 11.1. The molecule has 106 valence electrons. The van der Waals surface area contributed by atoms with E-state index in [9.17, 15) is 0 Å². The molecule has 3 heterocycles. The number of piperidine rings is 1. The Hall–Kier alpha value is -1.46. The van der Waals surface area contributed by atoms with Gasteiger partial charge in [0.1, 0.15) is 0 Å². The molecule has 5 nitrogen and oxygen atoms in total. The van der Waals surface area contributed by atoms with E-state index >= 15 is 0 Å². The molecule has 20 heavy (non-hydrogen) atoms. The largest absolute Gasteiger partial charge is 0.339 e. The lowest BCUT2D eigenvalue weighted by molar-refractivity contribution is 0.311. The van der Waals surface area contributed by atoms with E-state index in [-0.39, 0.29) is 12.4 Å². The molecular formula is C14H17ClN4O. The molecule has 4 rings (SSSR count). The minimum Gasteiger partial charge on any atom is -0.339 e. The van der Waals surface area contributed by atoms with Gasteiger partial charge in [0, 0.05) is 23.9 Å².